The van der Waals surface area contributed by atoms with Crippen LogP contribution < -0.4 is 4.90 Å². The van der Waals surface area contributed by atoms with Gasteiger partial charge in [-0.15, -0.1) is 0 Å². The van der Waals surface area contributed by atoms with Gasteiger partial charge in [0.15, 0.2) is 0 Å². The standard InChI is InChI=1S/C20H31N3.2C2HF3O2/c1-17-5-2-3-6-20(17)22-13-11-21(12-14-22)9-4-10-23-16-18-7-8-19(23)15-18;2*3-2(4,5)1(6)7/h2-3,5-6,18-19H,4,7-16H2,1H3;2*(H,6,7)/t18-,19-;;/m1../s1. The van der Waals surface area contributed by atoms with Gasteiger partial charge in [0.25, 0.3) is 0 Å². The van der Waals surface area contributed by atoms with E-state index in [4.69, 9.17) is 19.8 Å². The molecular weight excluding hydrogens is 508 g/mol. The highest BCUT2D eigenvalue weighted by Gasteiger charge is 2.39. The zero-order chi connectivity index (χ0) is 27.8. The van der Waals surface area contributed by atoms with E-state index in [0.29, 0.717) is 0 Å². The first kappa shape index (κ1) is 30.7. The van der Waals surface area contributed by atoms with Crippen molar-refractivity contribution >= 4 is 17.6 Å². The number of likely N-dealkylation sites (tertiary alicyclic amines) is 1. The largest absolute Gasteiger partial charge is 0.490 e. The number of anilines is 1. The second-order valence-corrected chi connectivity index (χ2v) is 9.40. The van der Waals surface area contributed by atoms with Crippen molar-refractivity contribution < 1.29 is 46.1 Å². The Morgan fingerprint density at radius 3 is 1.86 bits per heavy atom. The number of fused-ring (bicyclic) bond motifs is 2. The van der Waals surface area contributed by atoms with Crippen LogP contribution in [-0.4, -0.2) is 96.2 Å². The van der Waals surface area contributed by atoms with Gasteiger partial charge in [-0.05, 0) is 63.2 Å². The molecule has 1 aromatic carbocycles. The smallest absolute Gasteiger partial charge is 0.475 e. The predicted octanol–water partition coefficient (Wildman–Crippen LogP) is 4.26. The summed E-state index contributed by atoms with van der Waals surface area (Å²) in [4.78, 5) is 25.8. The molecule has 1 saturated carbocycles. The van der Waals surface area contributed by atoms with E-state index in [9.17, 15) is 26.3 Å². The fourth-order valence-electron chi connectivity index (χ4n) is 4.93. The number of piperidine rings is 1. The Morgan fingerprint density at radius 1 is 0.892 bits per heavy atom. The number of aliphatic carboxylic acids is 2. The molecule has 13 heteroatoms. The van der Waals surface area contributed by atoms with Gasteiger partial charge in [-0.25, -0.2) is 9.59 Å². The van der Waals surface area contributed by atoms with E-state index in [-0.39, 0.29) is 0 Å². The first-order valence-corrected chi connectivity index (χ1v) is 12.1. The Bertz CT molecular complexity index is 864. The third kappa shape index (κ3) is 10.0. The van der Waals surface area contributed by atoms with Gasteiger partial charge < -0.3 is 20.0 Å². The molecule has 4 rings (SSSR count). The molecule has 0 radical (unpaired) electrons. The quantitative estimate of drug-likeness (QED) is 0.539. The minimum Gasteiger partial charge on any atom is -0.475 e. The first-order chi connectivity index (χ1) is 17.2. The Hall–Kier alpha value is -2.54. The van der Waals surface area contributed by atoms with Gasteiger partial charge in [-0.2, -0.15) is 26.3 Å². The van der Waals surface area contributed by atoms with Gasteiger partial charge in [0, 0.05) is 44.5 Å². The van der Waals surface area contributed by atoms with Gasteiger partial charge in [-0.3, -0.25) is 4.90 Å². The number of para-hydroxylation sites is 1. The number of carboxylic acid groups (broad SMARTS) is 2. The number of halogens is 6. The van der Waals surface area contributed by atoms with Crippen LogP contribution in [-0.2, 0) is 9.59 Å². The Balaban J connectivity index is 0.000000286. The molecule has 0 aromatic heterocycles. The van der Waals surface area contributed by atoms with Gasteiger partial charge in [0.1, 0.15) is 0 Å². The van der Waals surface area contributed by atoms with Crippen LogP contribution in [0.3, 0.4) is 0 Å². The fraction of sp³-hybridized carbons (Fsp3) is 0.667. The number of carboxylic acids is 2. The van der Waals surface area contributed by atoms with Crippen LogP contribution in [0.5, 0.6) is 0 Å². The van der Waals surface area contributed by atoms with Crippen LogP contribution >= 0.6 is 0 Å². The van der Waals surface area contributed by atoms with E-state index in [1.165, 1.54) is 82.7 Å². The maximum Gasteiger partial charge on any atom is 0.490 e. The van der Waals surface area contributed by atoms with Crippen molar-refractivity contribution in [2.45, 2.75) is 51.0 Å². The van der Waals surface area contributed by atoms with E-state index in [1.54, 1.807) is 0 Å². The molecule has 3 fully saturated rings. The Morgan fingerprint density at radius 2 is 1.43 bits per heavy atom. The molecule has 2 heterocycles. The molecular formula is C24H33F6N3O4. The lowest BCUT2D eigenvalue weighted by Gasteiger charge is -2.37. The van der Waals surface area contributed by atoms with Crippen LogP contribution in [0, 0.1) is 12.8 Å². The van der Waals surface area contributed by atoms with E-state index >= 15 is 0 Å². The average Bonchev–Trinajstić information content (AvgIpc) is 3.43. The third-order valence-corrected chi connectivity index (χ3v) is 6.76. The minimum absolute atomic E-state index is 0.943. The summed E-state index contributed by atoms with van der Waals surface area (Å²) in [5.74, 6) is -4.47. The molecule has 3 aliphatic rings. The van der Waals surface area contributed by atoms with E-state index in [0.717, 1.165) is 12.0 Å². The molecule has 210 valence electrons. The van der Waals surface area contributed by atoms with E-state index in [2.05, 4.69) is 45.9 Å². The van der Waals surface area contributed by atoms with E-state index < -0.39 is 24.3 Å². The van der Waals surface area contributed by atoms with Crippen LogP contribution in [0.1, 0.15) is 31.2 Å². The number of benzene rings is 1. The van der Waals surface area contributed by atoms with Crippen LogP contribution in [0.15, 0.2) is 24.3 Å². The number of rotatable bonds is 5. The molecule has 2 saturated heterocycles. The molecule has 0 spiro atoms. The molecule has 7 nitrogen and oxygen atoms in total. The van der Waals surface area contributed by atoms with Gasteiger partial charge in [0.2, 0.25) is 0 Å². The second kappa shape index (κ2) is 13.3. The summed E-state index contributed by atoms with van der Waals surface area (Å²) in [6, 6.07) is 9.75. The monoisotopic (exact) mass is 541 g/mol. The Labute approximate surface area is 211 Å². The van der Waals surface area contributed by atoms with Crippen molar-refractivity contribution in [1.82, 2.24) is 9.80 Å². The highest BCUT2D eigenvalue weighted by Crippen LogP contribution is 2.37. The molecule has 2 atom stereocenters. The van der Waals surface area contributed by atoms with Crippen LogP contribution in [0.4, 0.5) is 32.0 Å². The highest BCUT2D eigenvalue weighted by atomic mass is 19.4. The van der Waals surface area contributed by atoms with Crippen molar-refractivity contribution in [3.63, 3.8) is 0 Å². The lowest BCUT2D eigenvalue weighted by atomic mass is 10.1. The predicted molar refractivity (Wildman–Crippen MR) is 125 cm³/mol. The van der Waals surface area contributed by atoms with Gasteiger partial charge >= 0.3 is 24.3 Å². The minimum atomic E-state index is -5.08. The number of aryl methyl sites for hydroxylation is 1. The van der Waals surface area contributed by atoms with E-state index in [1.807, 2.05) is 0 Å². The first-order valence-electron chi connectivity index (χ1n) is 12.1. The topological polar surface area (TPSA) is 84.3 Å². The highest BCUT2D eigenvalue weighted by molar-refractivity contribution is 5.73. The summed E-state index contributed by atoms with van der Waals surface area (Å²) >= 11 is 0. The molecule has 2 N–H and O–H groups in total. The molecule has 0 unspecified atom stereocenters. The van der Waals surface area contributed by atoms with Gasteiger partial charge in [-0.1, -0.05) is 18.2 Å². The van der Waals surface area contributed by atoms with Crippen molar-refractivity contribution in [2.24, 2.45) is 5.92 Å². The maximum atomic E-state index is 10.6. The molecule has 2 aliphatic heterocycles. The van der Waals surface area contributed by atoms with Crippen LogP contribution in [0.2, 0.25) is 0 Å². The summed E-state index contributed by atoms with van der Waals surface area (Å²) in [6.45, 7) is 11.0. The number of alkyl halides is 6. The van der Waals surface area contributed by atoms with Crippen LogP contribution in [0.25, 0.3) is 0 Å². The number of nitrogens with zero attached hydrogens (tertiary/aromatic N) is 3. The molecule has 1 aromatic rings. The summed E-state index contributed by atoms with van der Waals surface area (Å²) in [7, 11) is 0. The Kier molecular flexibility index (Phi) is 11.0. The number of piperazine rings is 1. The number of hydrogen-bond donors (Lipinski definition) is 2. The summed E-state index contributed by atoms with van der Waals surface area (Å²) in [5.41, 5.74) is 2.84. The SMILES string of the molecule is Cc1ccccc1N1CCN(CCCN2C[C@@H]3CC[C@@H]2C3)CC1.O=C(O)C(F)(F)F.O=C(O)C(F)(F)F. The lowest BCUT2D eigenvalue weighted by molar-refractivity contribution is -0.193. The van der Waals surface area contributed by atoms with Crippen molar-refractivity contribution in [3.8, 4) is 0 Å². The molecule has 1 aliphatic carbocycles. The fourth-order valence-corrected chi connectivity index (χ4v) is 4.93. The molecule has 0 amide bonds. The summed E-state index contributed by atoms with van der Waals surface area (Å²) < 4.78 is 63.5. The lowest BCUT2D eigenvalue weighted by Crippen LogP contribution is -2.47. The van der Waals surface area contributed by atoms with Crippen molar-refractivity contribution in [2.75, 3.05) is 50.7 Å². The van der Waals surface area contributed by atoms with Crippen molar-refractivity contribution in [3.05, 3.63) is 29.8 Å². The summed E-state index contributed by atoms with van der Waals surface area (Å²) in [6.07, 6.45) is -4.34. The second-order valence-electron chi connectivity index (χ2n) is 9.40. The molecule has 37 heavy (non-hydrogen) atoms. The maximum absolute atomic E-state index is 10.6. The third-order valence-electron chi connectivity index (χ3n) is 6.76. The number of carbonyl (C=O) groups is 2. The summed E-state index contributed by atoms with van der Waals surface area (Å²) in [5, 5.41) is 14.2. The zero-order valence-corrected chi connectivity index (χ0v) is 20.6. The zero-order valence-electron chi connectivity index (χ0n) is 20.6. The van der Waals surface area contributed by atoms with Gasteiger partial charge in [0.05, 0.1) is 0 Å². The molecule has 2 bridgehead atoms. The normalized spacial score (nSPS) is 22.1. The number of hydrogen-bond acceptors (Lipinski definition) is 5. The average molecular weight is 542 g/mol. The van der Waals surface area contributed by atoms with Crippen molar-refractivity contribution in [1.29, 1.82) is 0 Å².